The number of aromatic amines is 1. The van der Waals surface area contributed by atoms with E-state index in [-0.39, 0.29) is 11.8 Å². The minimum atomic E-state index is -0.464. The normalized spacial score (nSPS) is 16.2. The van der Waals surface area contributed by atoms with E-state index in [1.54, 1.807) is 0 Å². The first kappa shape index (κ1) is 21.7. The summed E-state index contributed by atoms with van der Waals surface area (Å²) in [6.07, 6.45) is -0.927. The van der Waals surface area contributed by atoms with Gasteiger partial charge in [-0.15, -0.1) is 0 Å². The number of nitrogens with one attached hydrogen (secondary N) is 3. The van der Waals surface area contributed by atoms with Crippen molar-refractivity contribution in [3.8, 4) is 11.1 Å². The fourth-order valence-electron chi connectivity index (χ4n) is 6.16. The first-order valence-electron chi connectivity index (χ1n) is 12.6. The molecule has 4 aromatic carbocycles. The largest absolute Gasteiger partial charge is 0.446 e. The van der Waals surface area contributed by atoms with Crippen molar-refractivity contribution in [2.24, 2.45) is 0 Å². The SMILES string of the molecule is C[C@H](OC(=O)NCc1ccccc1)[C@H]1c2ccccc2-c2c3c(c4c([nH]c5ccccc54)c21)CNC3=O. The summed E-state index contributed by atoms with van der Waals surface area (Å²) in [4.78, 5) is 29.7. The van der Waals surface area contributed by atoms with Crippen LogP contribution >= 0.6 is 0 Å². The molecule has 0 saturated heterocycles. The van der Waals surface area contributed by atoms with Crippen LogP contribution in [0.25, 0.3) is 32.9 Å². The number of hydrogen-bond acceptors (Lipinski definition) is 3. The van der Waals surface area contributed by atoms with E-state index in [0.29, 0.717) is 13.1 Å². The summed E-state index contributed by atoms with van der Waals surface area (Å²) < 4.78 is 5.97. The predicted molar refractivity (Wildman–Crippen MR) is 143 cm³/mol. The first-order chi connectivity index (χ1) is 18.1. The number of aromatic nitrogens is 1. The van der Waals surface area contributed by atoms with E-state index in [2.05, 4.69) is 39.9 Å². The molecule has 6 heteroatoms. The third kappa shape index (κ3) is 3.25. The van der Waals surface area contributed by atoms with Gasteiger partial charge in [0.2, 0.25) is 0 Å². The molecule has 2 aliphatic rings. The number of benzene rings is 4. The predicted octanol–water partition coefficient (Wildman–Crippen LogP) is 5.99. The lowest BCUT2D eigenvalue weighted by Crippen LogP contribution is -2.30. The summed E-state index contributed by atoms with van der Waals surface area (Å²) in [5.74, 6) is -0.272. The molecular weight excluding hydrogens is 462 g/mol. The minimum Gasteiger partial charge on any atom is -0.446 e. The van der Waals surface area contributed by atoms with E-state index >= 15 is 0 Å². The molecule has 6 nitrogen and oxygen atoms in total. The first-order valence-corrected chi connectivity index (χ1v) is 12.6. The highest BCUT2D eigenvalue weighted by molar-refractivity contribution is 6.20. The third-order valence-corrected chi connectivity index (χ3v) is 7.67. The Balaban J connectivity index is 1.36. The van der Waals surface area contributed by atoms with Crippen LogP contribution in [0.3, 0.4) is 0 Å². The van der Waals surface area contributed by atoms with Gasteiger partial charge in [0.25, 0.3) is 5.91 Å². The van der Waals surface area contributed by atoms with Crippen molar-refractivity contribution in [2.45, 2.75) is 32.0 Å². The van der Waals surface area contributed by atoms with E-state index in [9.17, 15) is 9.59 Å². The number of H-pyrrole nitrogens is 1. The van der Waals surface area contributed by atoms with Crippen LogP contribution < -0.4 is 10.6 Å². The molecule has 5 aromatic rings. The quantitative estimate of drug-likeness (QED) is 0.291. The number of alkyl carbamates (subject to hydrolysis) is 1. The van der Waals surface area contributed by atoms with Gasteiger partial charge in [0.1, 0.15) is 6.10 Å². The van der Waals surface area contributed by atoms with Crippen molar-refractivity contribution in [3.05, 3.63) is 107 Å². The lowest BCUT2D eigenvalue weighted by molar-refractivity contribution is 0.0960. The number of carbonyl (C=O) groups is 2. The highest BCUT2D eigenvalue weighted by Crippen LogP contribution is 2.54. The van der Waals surface area contributed by atoms with Crippen LogP contribution in [0.2, 0.25) is 0 Å². The molecule has 2 amide bonds. The average molecular weight is 488 g/mol. The highest BCUT2D eigenvalue weighted by Gasteiger charge is 2.41. The highest BCUT2D eigenvalue weighted by atomic mass is 16.6. The second-order valence-electron chi connectivity index (χ2n) is 9.76. The lowest BCUT2D eigenvalue weighted by atomic mass is 9.87. The summed E-state index contributed by atoms with van der Waals surface area (Å²) in [5.41, 5.74) is 8.86. The number of hydrogen-bond donors (Lipinski definition) is 3. The maximum absolute atomic E-state index is 13.2. The fourth-order valence-corrected chi connectivity index (χ4v) is 6.16. The number of amides is 2. The molecule has 182 valence electrons. The molecule has 2 heterocycles. The van der Waals surface area contributed by atoms with E-state index in [4.69, 9.17) is 4.74 Å². The van der Waals surface area contributed by atoms with Gasteiger partial charge in [-0.25, -0.2) is 4.79 Å². The number of ether oxygens (including phenoxy) is 1. The van der Waals surface area contributed by atoms with Gasteiger partial charge in [-0.1, -0.05) is 72.8 Å². The standard InChI is InChI=1S/C31H25N3O3/c1-17(37-31(36)33-15-18-9-3-2-4-10-18)24-19-11-5-6-12-20(19)26-27-22(16-32-30(27)35)25-21-13-7-8-14-23(21)34-29(25)28(24)26/h2-14,17,24,34H,15-16H2,1H3,(H,32,35)(H,33,36)/t17-,24-/m0/s1. The lowest BCUT2D eigenvalue weighted by Gasteiger charge is -2.23. The topological polar surface area (TPSA) is 83.2 Å². The second kappa shape index (κ2) is 8.23. The Kier molecular flexibility index (Phi) is 4.83. The second-order valence-corrected chi connectivity index (χ2v) is 9.76. The van der Waals surface area contributed by atoms with Gasteiger partial charge in [0.05, 0.1) is 11.1 Å². The van der Waals surface area contributed by atoms with Gasteiger partial charge in [0.15, 0.2) is 0 Å². The van der Waals surface area contributed by atoms with Gasteiger partial charge < -0.3 is 20.4 Å². The summed E-state index contributed by atoms with van der Waals surface area (Å²) in [5, 5.41) is 8.09. The van der Waals surface area contributed by atoms with Crippen molar-refractivity contribution >= 4 is 33.8 Å². The number of para-hydroxylation sites is 1. The van der Waals surface area contributed by atoms with Crippen LogP contribution in [0.4, 0.5) is 4.79 Å². The van der Waals surface area contributed by atoms with E-state index in [1.165, 1.54) is 0 Å². The third-order valence-electron chi connectivity index (χ3n) is 7.67. The Hall–Kier alpha value is -4.58. The van der Waals surface area contributed by atoms with Crippen molar-refractivity contribution in [1.82, 2.24) is 15.6 Å². The zero-order valence-electron chi connectivity index (χ0n) is 20.3. The van der Waals surface area contributed by atoms with Gasteiger partial charge in [-0.05, 0) is 40.8 Å². The molecule has 1 aliphatic heterocycles. The molecule has 0 saturated carbocycles. The Morgan fingerprint density at radius 3 is 2.62 bits per heavy atom. The maximum atomic E-state index is 13.2. The van der Waals surface area contributed by atoms with E-state index in [1.807, 2.05) is 61.5 Å². The summed E-state index contributed by atoms with van der Waals surface area (Å²) in [6, 6.07) is 26.1. The van der Waals surface area contributed by atoms with Gasteiger partial charge in [-0.2, -0.15) is 0 Å². The Morgan fingerprint density at radius 2 is 1.76 bits per heavy atom. The van der Waals surface area contributed by atoms with Crippen LogP contribution in [0.15, 0.2) is 78.9 Å². The fraction of sp³-hybridized carbons (Fsp3) is 0.161. The molecule has 0 unspecified atom stereocenters. The van der Waals surface area contributed by atoms with Crippen LogP contribution in [-0.4, -0.2) is 23.1 Å². The molecular formula is C31H25N3O3. The zero-order valence-corrected chi connectivity index (χ0v) is 20.3. The van der Waals surface area contributed by atoms with Crippen molar-refractivity contribution < 1.29 is 14.3 Å². The number of rotatable bonds is 4. The number of carbonyl (C=O) groups excluding carboxylic acids is 2. The molecule has 2 atom stereocenters. The maximum Gasteiger partial charge on any atom is 0.407 e. The summed E-state index contributed by atoms with van der Waals surface area (Å²) in [6.45, 7) is 2.82. The zero-order chi connectivity index (χ0) is 25.1. The smallest absolute Gasteiger partial charge is 0.407 e. The van der Waals surface area contributed by atoms with Gasteiger partial charge in [-0.3, -0.25) is 4.79 Å². The summed E-state index contributed by atoms with van der Waals surface area (Å²) in [7, 11) is 0. The van der Waals surface area contributed by atoms with Crippen molar-refractivity contribution in [3.63, 3.8) is 0 Å². The molecule has 3 N–H and O–H groups in total. The number of fused-ring (bicyclic) bond motifs is 10. The summed E-state index contributed by atoms with van der Waals surface area (Å²) >= 11 is 0. The molecule has 1 aromatic heterocycles. The van der Waals surface area contributed by atoms with Crippen LogP contribution in [0.5, 0.6) is 0 Å². The average Bonchev–Trinajstić information content (AvgIpc) is 3.59. The molecule has 0 radical (unpaired) electrons. The van der Waals surface area contributed by atoms with Gasteiger partial charge in [0, 0.05) is 40.9 Å². The van der Waals surface area contributed by atoms with Crippen molar-refractivity contribution in [2.75, 3.05) is 0 Å². The van der Waals surface area contributed by atoms with E-state index < -0.39 is 12.2 Å². The van der Waals surface area contributed by atoms with Crippen LogP contribution in [-0.2, 0) is 17.8 Å². The van der Waals surface area contributed by atoms with Crippen LogP contribution in [0.1, 0.15) is 45.5 Å². The van der Waals surface area contributed by atoms with E-state index in [0.717, 1.165) is 60.8 Å². The molecule has 37 heavy (non-hydrogen) atoms. The van der Waals surface area contributed by atoms with Gasteiger partial charge >= 0.3 is 6.09 Å². The van der Waals surface area contributed by atoms with Crippen molar-refractivity contribution in [1.29, 1.82) is 0 Å². The molecule has 7 rings (SSSR count). The molecule has 0 spiro atoms. The minimum absolute atomic E-state index is 0.0527. The monoisotopic (exact) mass is 487 g/mol. The van der Waals surface area contributed by atoms with Crippen LogP contribution in [0, 0.1) is 0 Å². The molecule has 0 bridgehead atoms. The molecule has 0 fully saturated rings. The Morgan fingerprint density at radius 1 is 1.00 bits per heavy atom. The Bertz CT molecular complexity index is 1720. The molecule has 1 aliphatic carbocycles. The Labute approximate surface area is 213 Å².